The maximum atomic E-state index is 13.1. The number of hydrogen-bond donors (Lipinski definition) is 3. The van der Waals surface area contributed by atoms with Gasteiger partial charge in [0.15, 0.2) is 0 Å². The molecule has 8 nitrogen and oxygen atoms in total. The first-order valence-corrected chi connectivity index (χ1v) is 12.6. The molecule has 1 unspecified atom stereocenters. The molecule has 1 aromatic carbocycles. The number of halogens is 3. The molecule has 3 rings (SSSR count). The Kier molecular flexibility index (Phi) is 10.5. The van der Waals surface area contributed by atoms with Gasteiger partial charge in [-0.3, -0.25) is 4.79 Å². The molecule has 1 saturated heterocycles. The van der Waals surface area contributed by atoms with Gasteiger partial charge in [0.2, 0.25) is 5.91 Å². The van der Waals surface area contributed by atoms with Gasteiger partial charge < -0.3 is 30.2 Å². The molecule has 2 aliphatic rings. The third kappa shape index (κ3) is 10.1. The van der Waals surface area contributed by atoms with Gasteiger partial charge in [0.25, 0.3) is 0 Å². The number of anilines is 1. The van der Waals surface area contributed by atoms with Crippen LogP contribution in [0.15, 0.2) is 24.3 Å². The van der Waals surface area contributed by atoms with E-state index in [1.165, 1.54) is 30.7 Å². The van der Waals surface area contributed by atoms with E-state index in [9.17, 15) is 22.8 Å². The Bertz CT molecular complexity index is 825. The van der Waals surface area contributed by atoms with E-state index in [2.05, 4.69) is 20.7 Å². The fourth-order valence-corrected chi connectivity index (χ4v) is 4.55. The van der Waals surface area contributed by atoms with E-state index < -0.39 is 18.5 Å². The number of nitrogens with one attached hydrogen (secondary N) is 3. The van der Waals surface area contributed by atoms with E-state index in [4.69, 9.17) is 9.47 Å². The van der Waals surface area contributed by atoms with E-state index in [1.54, 1.807) is 0 Å². The quantitative estimate of drug-likeness (QED) is 0.416. The Morgan fingerprint density at radius 3 is 2.33 bits per heavy atom. The maximum Gasteiger partial charge on any atom is 0.573 e. The second-order valence-electron chi connectivity index (χ2n) is 9.52. The maximum absolute atomic E-state index is 13.1. The number of ether oxygens (including phenoxy) is 3. The lowest BCUT2D eigenvalue weighted by Crippen LogP contribution is -2.51. The van der Waals surface area contributed by atoms with Gasteiger partial charge in [0.1, 0.15) is 17.9 Å². The molecule has 1 heterocycles. The molecule has 2 atom stereocenters. The van der Waals surface area contributed by atoms with E-state index in [0.717, 1.165) is 25.7 Å². The minimum Gasteiger partial charge on any atom is -0.446 e. The Labute approximate surface area is 209 Å². The van der Waals surface area contributed by atoms with Crippen LogP contribution in [-0.2, 0) is 14.3 Å². The second kappa shape index (κ2) is 13.6. The van der Waals surface area contributed by atoms with Gasteiger partial charge in [-0.15, -0.1) is 13.2 Å². The van der Waals surface area contributed by atoms with Crippen LogP contribution < -0.4 is 20.7 Å². The molecule has 202 valence electrons. The van der Waals surface area contributed by atoms with E-state index in [1.807, 2.05) is 6.92 Å². The Morgan fingerprint density at radius 1 is 1.03 bits per heavy atom. The number of rotatable bonds is 10. The highest BCUT2D eigenvalue weighted by molar-refractivity contribution is 5.85. The summed E-state index contributed by atoms with van der Waals surface area (Å²) in [5.74, 6) is -0.227. The van der Waals surface area contributed by atoms with Crippen molar-refractivity contribution >= 4 is 17.7 Å². The number of hydrogen-bond acceptors (Lipinski definition) is 6. The summed E-state index contributed by atoms with van der Waals surface area (Å²) in [5, 5.41) is 8.78. The van der Waals surface area contributed by atoms with Crippen molar-refractivity contribution in [2.24, 2.45) is 5.92 Å². The number of amides is 2. The van der Waals surface area contributed by atoms with Crippen molar-refractivity contribution in [2.45, 2.75) is 82.8 Å². The van der Waals surface area contributed by atoms with E-state index in [0.29, 0.717) is 50.6 Å². The third-order valence-electron chi connectivity index (χ3n) is 6.43. The first-order chi connectivity index (χ1) is 17.2. The van der Waals surface area contributed by atoms with Crippen molar-refractivity contribution in [1.29, 1.82) is 0 Å². The molecule has 1 aromatic rings. The molecule has 0 bridgehead atoms. The summed E-state index contributed by atoms with van der Waals surface area (Å²) in [6.45, 7) is 3.25. The van der Waals surface area contributed by atoms with Gasteiger partial charge >= 0.3 is 12.5 Å². The normalized spacial score (nSPS) is 19.1. The highest BCUT2D eigenvalue weighted by Gasteiger charge is 2.31. The lowest BCUT2D eigenvalue weighted by atomic mass is 9.84. The van der Waals surface area contributed by atoms with Crippen molar-refractivity contribution in [1.82, 2.24) is 10.6 Å². The minimum absolute atomic E-state index is 0.215. The van der Waals surface area contributed by atoms with Gasteiger partial charge in [0, 0.05) is 31.1 Å². The van der Waals surface area contributed by atoms with E-state index in [-0.39, 0.29) is 23.8 Å². The fourth-order valence-electron chi connectivity index (χ4n) is 4.55. The van der Waals surface area contributed by atoms with E-state index >= 15 is 0 Å². The fraction of sp³-hybridized carbons (Fsp3) is 0.680. The van der Waals surface area contributed by atoms with Crippen LogP contribution in [0.5, 0.6) is 5.75 Å². The van der Waals surface area contributed by atoms with Crippen LogP contribution >= 0.6 is 0 Å². The van der Waals surface area contributed by atoms with Gasteiger partial charge in [-0.25, -0.2) is 4.79 Å². The molecule has 2 fully saturated rings. The predicted molar refractivity (Wildman–Crippen MR) is 128 cm³/mol. The number of alkyl carbamates (subject to hydrolysis) is 1. The van der Waals surface area contributed by atoms with Crippen molar-refractivity contribution in [3.05, 3.63) is 24.3 Å². The molecule has 0 radical (unpaired) electrons. The molecule has 3 N–H and O–H groups in total. The first kappa shape index (κ1) is 27.9. The number of carbonyl (C=O) groups excluding carboxylic acids is 2. The number of carbonyl (C=O) groups is 2. The van der Waals surface area contributed by atoms with Crippen LogP contribution in [0.2, 0.25) is 0 Å². The summed E-state index contributed by atoms with van der Waals surface area (Å²) in [6, 6.07) is 4.36. The molecular weight excluding hydrogens is 479 g/mol. The number of benzene rings is 1. The van der Waals surface area contributed by atoms with Crippen LogP contribution in [0.4, 0.5) is 23.7 Å². The van der Waals surface area contributed by atoms with Crippen molar-refractivity contribution in [3.8, 4) is 5.75 Å². The van der Waals surface area contributed by atoms with Crippen molar-refractivity contribution < 1.29 is 37.0 Å². The third-order valence-corrected chi connectivity index (χ3v) is 6.43. The molecule has 11 heteroatoms. The molecule has 1 aliphatic carbocycles. The van der Waals surface area contributed by atoms with Gasteiger partial charge in [0.05, 0.1) is 13.2 Å². The predicted octanol–water partition coefficient (Wildman–Crippen LogP) is 4.75. The van der Waals surface area contributed by atoms with Crippen LogP contribution in [0.3, 0.4) is 0 Å². The standard InChI is InChI=1S/C25H36F3N3O5/c1-17(16-29-19-7-9-21(10-8-19)36-25(26,27)28)30-23(32)22(15-18-5-3-2-4-6-18)31-24(33)35-20-11-13-34-14-12-20/h7-10,17-18,20,22,29H,2-6,11-16H2,1H3,(H,30,32)(H,31,33)/t17?,22-/m0/s1. The molecule has 1 aliphatic heterocycles. The Balaban J connectivity index is 1.50. The summed E-state index contributed by atoms with van der Waals surface area (Å²) in [4.78, 5) is 25.6. The highest BCUT2D eigenvalue weighted by atomic mass is 19.4. The average molecular weight is 516 g/mol. The average Bonchev–Trinajstić information content (AvgIpc) is 2.83. The monoisotopic (exact) mass is 515 g/mol. The zero-order valence-electron chi connectivity index (χ0n) is 20.6. The van der Waals surface area contributed by atoms with Crippen molar-refractivity contribution in [3.63, 3.8) is 0 Å². The molecule has 0 aromatic heterocycles. The largest absolute Gasteiger partial charge is 0.573 e. The smallest absolute Gasteiger partial charge is 0.446 e. The molecule has 2 amide bonds. The number of alkyl halides is 3. The first-order valence-electron chi connectivity index (χ1n) is 12.6. The highest BCUT2D eigenvalue weighted by Crippen LogP contribution is 2.28. The zero-order chi connectivity index (χ0) is 26.0. The molecular formula is C25H36F3N3O5. The Hall–Kier alpha value is -2.69. The van der Waals surface area contributed by atoms with Crippen molar-refractivity contribution in [2.75, 3.05) is 25.1 Å². The second-order valence-corrected chi connectivity index (χ2v) is 9.52. The zero-order valence-corrected chi connectivity index (χ0v) is 20.6. The van der Waals surface area contributed by atoms with Crippen LogP contribution in [0.1, 0.15) is 58.3 Å². The summed E-state index contributed by atoms with van der Waals surface area (Å²) in [5.41, 5.74) is 0.586. The van der Waals surface area contributed by atoms with Gasteiger partial charge in [-0.2, -0.15) is 0 Å². The molecule has 36 heavy (non-hydrogen) atoms. The lowest BCUT2D eigenvalue weighted by Gasteiger charge is -2.28. The summed E-state index contributed by atoms with van der Waals surface area (Å²) >= 11 is 0. The van der Waals surface area contributed by atoms with Crippen LogP contribution in [0, 0.1) is 5.92 Å². The van der Waals surface area contributed by atoms with Gasteiger partial charge in [-0.05, 0) is 43.5 Å². The topological polar surface area (TPSA) is 97.9 Å². The summed E-state index contributed by atoms with van der Waals surface area (Å²) in [7, 11) is 0. The Morgan fingerprint density at radius 2 is 1.69 bits per heavy atom. The lowest BCUT2D eigenvalue weighted by molar-refractivity contribution is -0.274. The SMILES string of the molecule is CC(CNc1ccc(OC(F)(F)F)cc1)NC(=O)[C@H](CC1CCCCC1)NC(=O)OC1CCOCC1. The summed E-state index contributed by atoms with van der Waals surface area (Å²) < 4.78 is 51.6. The molecule has 1 saturated carbocycles. The van der Waals surface area contributed by atoms with Gasteiger partial charge in [-0.1, -0.05) is 32.1 Å². The molecule has 0 spiro atoms. The van der Waals surface area contributed by atoms with Crippen LogP contribution in [-0.4, -0.2) is 56.3 Å². The minimum atomic E-state index is -4.74. The van der Waals surface area contributed by atoms with Crippen LogP contribution in [0.25, 0.3) is 0 Å². The summed E-state index contributed by atoms with van der Waals surface area (Å²) in [6.07, 6.45) is 1.78.